The number of allylic oxidation sites excluding steroid dienone is 1. The fourth-order valence-corrected chi connectivity index (χ4v) is 7.17. The van der Waals surface area contributed by atoms with Crippen molar-refractivity contribution in [2.45, 2.75) is 82.3 Å². The van der Waals surface area contributed by atoms with Gasteiger partial charge in [0.2, 0.25) is 0 Å². The summed E-state index contributed by atoms with van der Waals surface area (Å²) in [5, 5.41) is 11.5. The Hall–Kier alpha value is -1.24. The molecular weight excluding hydrogens is 404 g/mol. The van der Waals surface area contributed by atoms with E-state index in [-0.39, 0.29) is 18.1 Å². The van der Waals surface area contributed by atoms with E-state index < -0.39 is 25.4 Å². The van der Waals surface area contributed by atoms with Gasteiger partial charge in [0, 0.05) is 19.4 Å². The van der Waals surface area contributed by atoms with Crippen molar-refractivity contribution in [1.29, 1.82) is 0 Å². The molecule has 4 nitrogen and oxygen atoms in total. The van der Waals surface area contributed by atoms with Crippen molar-refractivity contribution in [2.75, 3.05) is 7.11 Å². The van der Waals surface area contributed by atoms with Gasteiger partial charge in [-0.1, -0.05) is 42.5 Å². The third-order valence-corrected chi connectivity index (χ3v) is 8.24. The second kappa shape index (κ2) is 9.71. The third kappa shape index (κ3) is 4.62. The predicted molar refractivity (Wildman–Crippen MR) is 128 cm³/mol. The van der Waals surface area contributed by atoms with Gasteiger partial charge in [0.15, 0.2) is 8.32 Å². The minimum atomic E-state index is -1.91. The van der Waals surface area contributed by atoms with E-state index in [1.807, 2.05) is 24.3 Å². The average molecular weight is 445 g/mol. The number of hydrogen-bond acceptors (Lipinski definition) is 4. The molecule has 0 spiro atoms. The maximum absolute atomic E-state index is 11.5. The molecule has 1 aromatic carbocycles. The first kappa shape index (κ1) is 24.4. The molecule has 172 valence electrons. The SMILES string of the molecule is C=CC[C@@H](O)[C@]1(CC=C)[C@@H](O[Si](C)(C)C)[C@@H]2CC[C@@]1(OC)C[C@@H]2OCc1ccccc1. The average Bonchev–Trinajstić information content (AvgIpc) is 2.74. The largest absolute Gasteiger partial charge is 0.414 e. The lowest BCUT2D eigenvalue weighted by atomic mass is 9.47. The fraction of sp³-hybridized carbons (Fsp3) is 0.615. The van der Waals surface area contributed by atoms with Crippen molar-refractivity contribution < 1.29 is 19.0 Å². The summed E-state index contributed by atoms with van der Waals surface area (Å²) in [7, 11) is -0.132. The molecule has 0 saturated heterocycles. The molecule has 6 atom stereocenters. The van der Waals surface area contributed by atoms with Crippen LogP contribution in [-0.2, 0) is 20.5 Å². The lowest BCUT2D eigenvalue weighted by molar-refractivity contribution is -0.295. The van der Waals surface area contributed by atoms with Crippen molar-refractivity contribution in [3.8, 4) is 0 Å². The highest BCUT2D eigenvalue weighted by Gasteiger charge is 2.69. The van der Waals surface area contributed by atoms with Crippen LogP contribution in [0.15, 0.2) is 55.6 Å². The second-order valence-electron chi connectivity index (χ2n) is 10.2. The Bertz CT molecular complexity index is 746. The van der Waals surface area contributed by atoms with E-state index in [9.17, 15) is 5.11 Å². The maximum atomic E-state index is 11.5. The number of ether oxygens (including phenoxy) is 2. The normalized spacial score (nSPS) is 33.8. The van der Waals surface area contributed by atoms with Crippen LogP contribution in [0.1, 0.15) is 37.7 Å². The zero-order chi connectivity index (χ0) is 22.7. The molecule has 3 aliphatic rings. The number of hydrogen-bond donors (Lipinski definition) is 1. The highest BCUT2D eigenvalue weighted by atomic mass is 28.4. The van der Waals surface area contributed by atoms with E-state index in [4.69, 9.17) is 13.9 Å². The smallest absolute Gasteiger partial charge is 0.184 e. The molecule has 0 aromatic heterocycles. The summed E-state index contributed by atoms with van der Waals surface area (Å²) in [6, 6.07) is 10.3. The molecule has 0 radical (unpaired) electrons. The number of benzene rings is 1. The van der Waals surface area contributed by atoms with E-state index in [1.165, 1.54) is 5.56 Å². The van der Waals surface area contributed by atoms with Gasteiger partial charge in [0.25, 0.3) is 0 Å². The number of aliphatic hydroxyl groups is 1. The molecule has 5 heteroatoms. The Morgan fingerprint density at radius 1 is 1.19 bits per heavy atom. The molecule has 1 N–H and O–H groups in total. The molecule has 3 saturated carbocycles. The molecule has 1 aromatic rings. The van der Waals surface area contributed by atoms with E-state index in [1.54, 1.807) is 13.2 Å². The zero-order valence-electron chi connectivity index (χ0n) is 19.7. The van der Waals surface area contributed by atoms with Gasteiger partial charge >= 0.3 is 0 Å². The van der Waals surface area contributed by atoms with Crippen molar-refractivity contribution in [3.63, 3.8) is 0 Å². The summed E-state index contributed by atoms with van der Waals surface area (Å²) >= 11 is 0. The van der Waals surface area contributed by atoms with Crippen molar-refractivity contribution in [1.82, 2.24) is 0 Å². The van der Waals surface area contributed by atoms with E-state index >= 15 is 0 Å². The molecule has 31 heavy (non-hydrogen) atoms. The van der Waals surface area contributed by atoms with Gasteiger partial charge in [-0.15, -0.1) is 13.2 Å². The van der Waals surface area contributed by atoms with Gasteiger partial charge in [-0.2, -0.15) is 0 Å². The lowest BCUT2D eigenvalue weighted by Gasteiger charge is -2.66. The van der Waals surface area contributed by atoms with Gasteiger partial charge in [-0.05, 0) is 50.9 Å². The van der Waals surface area contributed by atoms with Gasteiger partial charge in [-0.3, -0.25) is 0 Å². The van der Waals surface area contributed by atoms with Crippen LogP contribution < -0.4 is 0 Å². The quantitative estimate of drug-likeness (QED) is 0.362. The predicted octanol–water partition coefficient (Wildman–Crippen LogP) is 5.49. The first-order valence-corrected chi connectivity index (χ1v) is 14.9. The van der Waals surface area contributed by atoms with Crippen LogP contribution in [0.3, 0.4) is 0 Å². The maximum Gasteiger partial charge on any atom is 0.184 e. The minimum Gasteiger partial charge on any atom is -0.414 e. The van der Waals surface area contributed by atoms with Crippen molar-refractivity contribution in [2.24, 2.45) is 11.3 Å². The van der Waals surface area contributed by atoms with E-state index in [0.29, 0.717) is 19.4 Å². The van der Waals surface area contributed by atoms with Crippen LogP contribution in [0.2, 0.25) is 19.6 Å². The first-order chi connectivity index (χ1) is 14.7. The third-order valence-electron chi connectivity index (χ3n) is 7.28. The fourth-order valence-electron chi connectivity index (χ4n) is 6.02. The van der Waals surface area contributed by atoms with Gasteiger partial charge in [0.05, 0.1) is 35.9 Å². The van der Waals surface area contributed by atoms with Crippen LogP contribution in [0, 0.1) is 11.3 Å². The summed E-state index contributed by atoms with van der Waals surface area (Å²) in [6.45, 7) is 15.2. The Morgan fingerprint density at radius 3 is 2.48 bits per heavy atom. The Kier molecular flexibility index (Phi) is 7.65. The second-order valence-corrected chi connectivity index (χ2v) is 14.6. The zero-order valence-corrected chi connectivity index (χ0v) is 20.7. The lowest BCUT2D eigenvalue weighted by Crippen LogP contribution is -2.74. The molecular formula is C26H40O4Si. The molecule has 3 aliphatic carbocycles. The van der Waals surface area contributed by atoms with Crippen LogP contribution in [0.25, 0.3) is 0 Å². The van der Waals surface area contributed by atoms with Gasteiger partial charge < -0.3 is 19.0 Å². The Morgan fingerprint density at radius 2 is 1.90 bits per heavy atom. The van der Waals surface area contributed by atoms with Crippen molar-refractivity contribution in [3.05, 3.63) is 61.2 Å². The molecule has 0 aliphatic heterocycles. The molecule has 0 amide bonds. The Labute approximate surface area is 189 Å². The molecule has 3 fully saturated rings. The Balaban J connectivity index is 2.01. The van der Waals surface area contributed by atoms with E-state index in [2.05, 4.69) is 44.9 Å². The molecule has 0 heterocycles. The van der Waals surface area contributed by atoms with Crippen LogP contribution >= 0.6 is 0 Å². The van der Waals surface area contributed by atoms with Crippen LogP contribution in [0.4, 0.5) is 0 Å². The topological polar surface area (TPSA) is 47.9 Å². The summed E-state index contributed by atoms with van der Waals surface area (Å²) in [5.74, 6) is 0.215. The number of fused-ring (bicyclic) bond motifs is 3. The first-order valence-electron chi connectivity index (χ1n) is 11.5. The highest BCUT2D eigenvalue weighted by molar-refractivity contribution is 6.69. The summed E-state index contributed by atoms with van der Waals surface area (Å²) in [5.41, 5.74) is 0.0829. The minimum absolute atomic E-state index is 0.0316. The molecule has 4 rings (SSSR count). The number of methoxy groups -OCH3 is 1. The van der Waals surface area contributed by atoms with Crippen molar-refractivity contribution >= 4 is 8.32 Å². The van der Waals surface area contributed by atoms with Gasteiger partial charge in [-0.25, -0.2) is 0 Å². The number of rotatable bonds is 11. The summed E-state index contributed by atoms with van der Waals surface area (Å²) in [6.07, 6.45) is 6.79. The number of aliphatic hydroxyl groups excluding tert-OH is 1. The van der Waals surface area contributed by atoms with Gasteiger partial charge in [0.1, 0.15) is 0 Å². The standard InChI is InChI=1S/C26H40O4Si/c1-7-12-23(27)26(16-8-2)24(30-31(4,5)6)21-15-17-25(26,28-3)18-22(21)29-19-20-13-10-9-11-14-20/h7-11,13-14,21-24,27H,1-2,12,15-19H2,3-6H3/t21-,22+,23-,24+,25-,26-/m1/s1. The summed E-state index contributed by atoms with van der Waals surface area (Å²) in [4.78, 5) is 0. The van der Waals surface area contributed by atoms with Crippen LogP contribution in [0.5, 0.6) is 0 Å². The highest BCUT2D eigenvalue weighted by Crippen LogP contribution is 2.62. The molecule has 2 bridgehead atoms. The molecule has 0 unspecified atom stereocenters. The van der Waals surface area contributed by atoms with Crippen LogP contribution in [-0.4, -0.2) is 44.4 Å². The summed E-state index contributed by atoms with van der Waals surface area (Å²) < 4.78 is 19.8. The van der Waals surface area contributed by atoms with E-state index in [0.717, 1.165) is 19.3 Å². The monoisotopic (exact) mass is 444 g/mol.